The molecule has 0 rings (SSSR count). The lowest BCUT2D eigenvalue weighted by molar-refractivity contribution is -0.132. The molecule has 0 aromatic rings. The Kier molecular flexibility index (Phi) is 4.21. The third-order valence-corrected chi connectivity index (χ3v) is 1.08. The molecule has 2 amide bonds. The zero-order valence-electron chi connectivity index (χ0n) is 6.33. The van der Waals surface area contributed by atoms with Gasteiger partial charge in [0.15, 0.2) is 0 Å². The van der Waals surface area contributed by atoms with E-state index in [-0.39, 0.29) is 12.3 Å². The van der Waals surface area contributed by atoms with Crippen molar-refractivity contribution in [1.29, 1.82) is 0 Å². The Hall–Kier alpha value is -1.10. The summed E-state index contributed by atoms with van der Waals surface area (Å²) in [5, 5.41) is 11.2. The summed E-state index contributed by atoms with van der Waals surface area (Å²) in [6.45, 7) is 2.22. The lowest BCUT2D eigenvalue weighted by Gasteiger charge is -2.04. The summed E-state index contributed by atoms with van der Waals surface area (Å²) in [4.78, 5) is 20.9. The fourth-order valence-corrected chi connectivity index (χ4v) is 0.546. The molecular formula is C6H12N2O3. The van der Waals surface area contributed by atoms with Gasteiger partial charge in [0.05, 0.1) is 6.42 Å². The number of nitrogens with one attached hydrogen (secondary N) is 1. The van der Waals surface area contributed by atoms with Gasteiger partial charge >= 0.3 is 0 Å². The molecule has 0 radical (unpaired) electrons. The molecule has 0 spiro atoms. The summed E-state index contributed by atoms with van der Waals surface area (Å²) in [5.74, 6) is -1.25. The van der Waals surface area contributed by atoms with E-state index in [2.05, 4.69) is 5.32 Å². The van der Waals surface area contributed by atoms with Crippen LogP contribution in [0.15, 0.2) is 0 Å². The van der Waals surface area contributed by atoms with E-state index in [0.29, 0.717) is 6.54 Å². The van der Waals surface area contributed by atoms with Crippen molar-refractivity contribution in [3.63, 3.8) is 0 Å². The summed E-state index contributed by atoms with van der Waals surface area (Å²) in [6, 6.07) is 0. The van der Waals surface area contributed by atoms with Gasteiger partial charge in [0.25, 0.3) is 0 Å². The number of amides is 2. The Morgan fingerprint density at radius 2 is 2.18 bits per heavy atom. The van der Waals surface area contributed by atoms with Crippen LogP contribution in [0.5, 0.6) is 0 Å². The van der Waals surface area contributed by atoms with Crippen LogP contribution in [-0.4, -0.2) is 29.6 Å². The topological polar surface area (TPSA) is 92.4 Å². The van der Waals surface area contributed by atoms with Gasteiger partial charge in [-0.15, -0.1) is 0 Å². The van der Waals surface area contributed by atoms with Gasteiger partial charge in [-0.25, -0.2) is 0 Å². The quantitative estimate of drug-likeness (QED) is 0.460. The highest BCUT2D eigenvalue weighted by Crippen LogP contribution is 1.88. The molecule has 0 heterocycles. The van der Waals surface area contributed by atoms with E-state index in [1.165, 1.54) is 0 Å². The van der Waals surface area contributed by atoms with Crippen molar-refractivity contribution >= 4 is 11.8 Å². The van der Waals surface area contributed by atoms with Gasteiger partial charge in [0, 0.05) is 6.54 Å². The smallest absolute Gasteiger partial charge is 0.246 e. The van der Waals surface area contributed by atoms with Crippen LogP contribution in [0.1, 0.15) is 13.3 Å². The number of primary amides is 1. The molecule has 0 aromatic carbocycles. The molecule has 0 fully saturated rings. The van der Waals surface area contributed by atoms with E-state index in [9.17, 15) is 9.59 Å². The molecule has 0 aromatic heterocycles. The van der Waals surface area contributed by atoms with Crippen molar-refractivity contribution < 1.29 is 14.7 Å². The van der Waals surface area contributed by atoms with E-state index in [1.54, 1.807) is 6.92 Å². The number of nitrogens with two attached hydrogens (primary N) is 1. The Bertz CT molecular complexity index is 158. The fraction of sp³-hybridized carbons (Fsp3) is 0.667. The Labute approximate surface area is 64.6 Å². The van der Waals surface area contributed by atoms with Crippen molar-refractivity contribution in [3.8, 4) is 0 Å². The second-order valence-electron chi connectivity index (χ2n) is 2.08. The number of hydrogen-bond acceptors (Lipinski definition) is 3. The van der Waals surface area contributed by atoms with Crippen LogP contribution in [0.2, 0.25) is 0 Å². The Morgan fingerprint density at radius 1 is 1.64 bits per heavy atom. The van der Waals surface area contributed by atoms with Crippen LogP contribution in [0.25, 0.3) is 0 Å². The first-order valence-corrected chi connectivity index (χ1v) is 3.32. The minimum Gasteiger partial charge on any atom is -0.383 e. The number of rotatable bonds is 4. The Balaban J connectivity index is 3.66. The second kappa shape index (κ2) is 4.68. The van der Waals surface area contributed by atoms with E-state index in [0.717, 1.165) is 0 Å². The third-order valence-electron chi connectivity index (χ3n) is 1.08. The minimum atomic E-state index is -1.37. The molecule has 0 aliphatic heterocycles. The van der Waals surface area contributed by atoms with Gasteiger partial charge in [0.2, 0.25) is 11.8 Å². The number of aliphatic hydroxyl groups excluding tert-OH is 1. The second-order valence-corrected chi connectivity index (χ2v) is 2.08. The summed E-state index contributed by atoms with van der Waals surface area (Å²) >= 11 is 0. The van der Waals surface area contributed by atoms with Crippen LogP contribution in [0.3, 0.4) is 0 Å². The monoisotopic (exact) mass is 160 g/mol. The molecule has 1 unspecified atom stereocenters. The van der Waals surface area contributed by atoms with Crippen molar-refractivity contribution in [2.75, 3.05) is 6.54 Å². The van der Waals surface area contributed by atoms with Gasteiger partial charge in [0.1, 0.15) is 6.10 Å². The average Bonchev–Trinajstić information content (AvgIpc) is 1.87. The summed E-state index contributed by atoms with van der Waals surface area (Å²) in [7, 11) is 0. The molecule has 1 atom stereocenters. The molecule has 0 aliphatic carbocycles. The fourth-order valence-electron chi connectivity index (χ4n) is 0.546. The van der Waals surface area contributed by atoms with Crippen LogP contribution < -0.4 is 11.1 Å². The molecule has 11 heavy (non-hydrogen) atoms. The molecule has 64 valence electrons. The van der Waals surface area contributed by atoms with Crippen LogP contribution in [0.4, 0.5) is 0 Å². The van der Waals surface area contributed by atoms with Gasteiger partial charge in [-0.3, -0.25) is 9.59 Å². The first kappa shape index (κ1) is 9.90. The van der Waals surface area contributed by atoms with E-state index >= 15 is 0 Å². The summed E-state index contributed by atoms with van der Waals surface area (Å²) in [6.07, 6.45) is -1.63. The normalized spacial score (nSPS) is 12.2. The van der Waals surface area contributed by atoms with Crippen molar-refractivity contribution in [2.24, 2.45) is 5.73 Å². The van der Waals surface area contributed by atoms with Crippen molar-refractivity contribution in [1.82, 2.24) is 5.32 Å². The van der Waals surface area contributed by atoms with Crippen molar-refractivity contribution in [3.05, 3.63) is 0 Å². The standard InChI is InChI=1S/C6H12N2O3/c1-2-8-5(10)3-4(9)6(7)11/h4,9H,2-3H2,1H3,(H2,7,11)(H,8,10). The predicted molar refractivity (Wildman–Crippen MR) is 38.5 cm³/mol. The Morgan fingerprint density at radius 3 is 2.55 bits per heavy atom. The summed E-state index contributed by atoms with van der Waals surface area (Å²) in [5.41, 5.74) is 4.71. The highest BCUT2D eigenvalue weighted by atomic mass is 16.3. The van der Waals surface area contributed by atoms with Crippen molar-refractivity contribution in [2.45, 2.75) is 19.4 Å². The third kappa shape index (κ3) is 4.32. The van der Waals surface area contributed by atoms with Gasteiger partial charge < -0.3 is 16.2 Å². The number of carbonyl (C=O) groups is 2. The number of hydrogen-bond donors (Lipinski definition) is 3. The maximum absolute atomic E-state index is 10.7. The largest absolute Gasteiger partial charge is 0.383 e. The molecule has 0 bridgehead atoms. The predicted octanol–water partition coefficient (Wildman–Crippen LogP) is -1.64. The SMILES string of the molecule is CCNC(=O)CC(O)C(N)=O. The molecule has 0 saturated carbocycles. The van der Waals surface area contributed by atoms with Crippen LogP contribution >= 0.6 is 0 Å². The molecular weight excluding hydrogens is 148 g/mol. The van der Waals surface area contributed by atoms with Gasteiger partial charge in [-0.05, 0) is 6.92 Å². The lowest BCUT2D eigenvalue weighted by atomic mass is 10.2. The number of carbonyl (C=O) groups excluding carboxylic acids is 2. The molecule has 0 aliphatic rings. The lowest BCUT2D eigenvalue weighted by Crippen LogP contribution is -2.34. The molecule has 5 heteroatoms. The molecule has 0 saturated heterocycles. The molecule has 5 nitrogen and oxygen atoms in total. The van der Waals surface area contributed by atoms with Crippen LogP contribution in [-0.2, 0) is 9.59 Å². The van der Waals surface area contributed by atoms with Crippen LogP contribution in [0, 0.1) is 0 Å². The van der Waals surface area contributed by atoms with Gasteiger partial charge in [-0.2, -0.15) is 0 Å². The average molecular weight is 160 g/mol. The highest BCUT2D eigenvalue weighted by molar-refractivity contribution is 5.86. The molecule has 4 N–H and O–H groups in total. The number of aliphatic hydroxyl groups is 1. The maximum atomic E-state index is 10.7. The first-order chi connectivity index (χ1) is 5.07. The first-order valence-electron chi connectivity index (χ1n) is 3.32. The van der Waals surface area contributed by atoms with E-state index in [1.807, 2.05) is 0 Å². The van der Waals surface area contributed by atoms with E-state index < -0.39 is 12.0 Å². The van der Waals surface area contributed by atoms with E-state index in [4.69, 9.17) is 10.8 Å². The zero-order valence-corrected chi connectivity index (χ0v) is 6.33. The zero-order chi connectivity index (χ0) is 8.85. The highest BCUT2D eigenvalue weighted by Gasteiger charge is 2.14. The summed E-state index contributed by atoms with van der Waals surface area (Å²) < 4.78 is 0. The minimum absolute atomic E-state index is 0.261. The van der Waals surface area contributed by atoms with Gasteiger partial charge in [-0.1, -0.05) is 0 Å². The maximum Gasteiger partial charge on any atom is 0.246 e.